The molecule has 4 heterocycles. The van der Waals surface area contributed by atoms with E-state index in [1.807, 2.05) is 6.20 Å². The number of aromatic amines is 2. The fourth-order valence-electron chi connectivity index (χ4n) is 8.45. The highest BCUT2D eigenvalue weighted by Gasteiger charge is 2.30. The van der Waals surface area contributed by atoms with E-state index in [1.165, 1.54) is 86.7 Å². The standard InChI is InChI=1S/2C18H32N4O/c1-3-8-21(2)14-16-13-19-20-18(16)15-4-6-17(7-5-15)22-9-11-23-12-10-22;1-3-8-21(2)14-18-17(13-19-20-18)15-4-6-16(7-5-15)22-9-11-23-12-10-22/h13,15,17H,3-12,14H2,1-2H3,(H,19,20);13,15-16H,3-12,14H2,1-2H3,(H,19,20). The van der Waals surface area contributed by atoms with Gasteiger partial charge in [-0.05, 0) is 103 Å². The Hall–Kier alpha value is -1.82. The first-order chi connectivity index (χ1) is 22.6. The smallest absolute Gasteiger partial charge is 0.0594 e. The van der Waals surface area contributed by atoms with Crippen molar-refractivity contribution in [1.82, 2.24) is 40.0 Å². The summed E-state index contributed by atoms with van der Waals surface area (Å²) in [5, 5.41) is 15.2. The van der Waals surface area contributed by atoms with E-state index in [0.29, 0.717) is 11.8 Å². The highest BCUT2D eigenvalue weighted by atomic mass is 16.5. The number of hydrogen-bond donors (Lipinski definition) is 2. The van der Waals surface area contributed by atoms with Gasteiger partial charge in [0.2, 0.25) is 0 Å². The molecule has 2 saturated carbocycles. The predicted octanol–water partition coefficient (Wildman–Crippen LogP) is 5.22. The molecule has 2 N–H and O–H groups in total. The topological polar surface area (TPSA) is 88.8 Å². The van der Waals surface area contributed by atoms with E-state index in [0.717, 1.165) is 90.9 Å². The molecule has 4 fully saturated rings. The largest absolute Gasteiger partial charge is 0.379 e. The number of nitrogens with one attached hydrogen (secondary N) is 2. The van der Waals surface area contributed by atoms with Gasteiger partial charge < -0.3 is 19.3 Å². The Morgan fingerprint density at radius 1 is 0.674 bits per heavy atom. The van der Waals surface area contributed by atoms with Crippen LogP contribution in [0.25, 0.3) is 0 Å². The highest BCUT2D eigenvalue weighted by molar-refractivity contribution is 5.23. The van der Waals surface area contributed by atoms with Gasteiger partial charge in [-0.3, -0.25) is 20.0 Å². The van der Waals surface area contributed by atoms with E-state index in [4.69, 9.17) is 9.47 Å². The summed E-state index contributed by atoms with van der Waals surface area (Å²) in [4.78, 5) is 10.1. The van der Waals surface area contributed by atoms with Gasteiger partial charge in [0.1, 0.15) is 0 Å². The van der Waals surface area contributed by atoms with Crippen molar-refractivity contribution >= 4 is 0 Å². The Kier molecular flexibility index (Phi) is 14.4. The molecule has 10 nitrogen and oxygen atoms in total. The van der Waals surface area contributed by atoms with Gasteiger partial charge in [-0.1, -0.05) is 13.8 Å². The normalized spacial score (nSPS) is 26.7. The van der Waals surface area contributed by atoms with Gasteiger partial charge >= 0.3 is 0 Å². The van der Waals surface area contributed by atoms with Crippen molar-refractivity contribution in [3.05, 3.63) is 34.9 Å². The highest BCUT2D eigenvalue weighted by Crippen LogP contribution is 2.37. The van der Waals surface area contributed by atoms with E-state index in [1.54, 1.807) is 0 Å². The molecular weight excluding hydrogens is 576 g/mol. The number of morpholine rings is 2. The molecule has 0 aromatic carbocycles. The first-order valence-corrected chi connectivity index (χ1v) is 18.6. The van der Waals surface area contributed by atoms with E-state index >= 15 is 0 Å². The van der Waals surface area contributed by atoms with Gasteiger partial charge in [-0.15, -0.1) is 0 Å². The van der Waals surface area contributed by atoms with Crippen molar-refractivity contribution in [2.75, 3.05) is 79.8 Å². The summed E-state index contributed by atoms with van der Waals surface area (Å²) in [6.07, 6.45) is 17.0. The number of ether oxygens (including phenoxy) is 2. The predicted molar refractivity (Wildman–Crippen MR) is 185 cm³/mol. The molecule has 0 amide bonds. The fourth-order valence-corrected chi connectivity index (χ4v) is 8.45. The summed E-state index contributed by atoms with van der Waals surface area (Å²) < 4.78 is 11.0. The molecule has 2 aromatic rings. The Morgan fingerprint density at radius 2 is 1.17 bits per heavy atom. The molecule has 2 aromatic heterocycles. The summed E-state index contributed by atoms with van der Waals surface area (Å²) in [5.41, 5.74) is 5.59. The van der Waals surface area contributed by atoms with Crippen LogP contribution in [0.1, 0.15) is 112 Å². The third-order valence-corrected chi connectivity index (χ3v) is 10.9. The van der Waals surface area contributed by atoms with Gasteiger partial charge in [0.05, 0.1) is 44.5 Å². The molecule has 2 aliphatic carbocycles. The molecule has 2 aliphatic heterocycles. The number of nitrogens with zero attached hydrogens (tertiary/aromatic N) is 6. The van der Waals surface area contributed by atoms with Crippen molar-refractivity contribution in [3.63, 3.8) is 0 Å². The summed E-state index contributed by atoms with van der Waals surface area (Å²) in [6, 6.07) is 1.54. The first kappa shape index (κ1) is 35.5. The summed E-state index contributed by atoms with van der Waals surface area (Å²) in [7, 11) is 4.40. The number of hydrogen-bond acceptors (Lipinski definition) is 8. The summed E-state index contributed by atoms with van der Waals surface area (Å²) in [5.74, 6) is 1.36. The molecule has 10 heteroatoms. The van der Waals surface area contributed by atoms with Crippen LogP contribution in [0.4, 0.5) is 0 Å². The molecule has 46 heavy (non-hydrogen) atoms. The minimum absolute atomic E-state index is 0.666. The lowest BCUT2D eigenvalue weighted by Crippen LogP contribution is -2.44. The lowest BCUT2D eigenvalue weighted by atomic mass is 9.81. The van der Waals surface area contributed by atoms with Crippen LogP contribution < -0.4 is 0 Å². The molecule has 0 radical (unpaired) electrons. The van der Waals surface area contributed by atoms with E-state index < -0.39 is 0 Å². The van der Waals surface area contributed by atoms with Crippen LogP contribution in [0.2, 0.25) is 0 Å². The molecular formula is C36H64N8O2. The minimum Gasteiger partial charge on any atom is -0.379 e. The fraction of sp³-hybridized carbons (Fsp3) is 0.833. The Balaban J connectivity index is 0.000000181. The second-order valence-electron chi connectivity index (χ2n) is 14.4. The van der Waals surface area contributed by atoms with Crippen LogP contribution in [0, 0.1) is 0 Å². The Bertz CT molecular complexity index is 1010. The molecule has 0 unspecified atom stereocenters. The number of H-pyrrole nitrogens is 2. The van der Waals surface area contributed by atoms with E-state index in [9.17, 15) is 0 Å². The first-order valence-electron chi connectivity index (χ1n) is 18.6. The summed E-state index contributed by atoms with van der Waals surface area (Å²) >= 11 is 0. The minimum atomic E-state index is 0.666. The molecule has 0 spiro atoms. The maximum Gasteiger partial charge on any atom is 0.0594 e. The lowest BCUT2D eigenvalue weighted by Gasteiger charge is -2.38. The third kappa shape index (κ3) is 10.1. The average molecular weight is 641 g/mol. The van der Waals surface area contributed by atoms with Crippen LogP contribution in [0.5, 0.6) is 0 Å². The molecule has 2 saturated heterocycles. The zero-order valence-electron chi connectivity index (χ0n) is 29.5. The zero-order chi connectivity index (χ0) is 32.1. The molecule has 4 aliphatic rings. The number of aromatic nitrogens is 4. The van der Waals surface area contributed by atoms with Gasteiger partial charge in [-0.25, -0.2) is 0 Å². The van der Waals surface area contributed by atoms with Crippen LogP contribution >= 0.6 is 0 Å². The summed E-state index contributed by atoms with van der Waals surface area (Å²) in [6.45, 7) is 16.9. The second-order valence-corrected chi connectivity index (χ2v) is 14.4. The van der Waals surface area contributed by atoms with Crippen molar-refractivity contribution in [3.8, 4) is 0 Å². The van der Waals surface area contributed by atoms with Crippen molar-refractivity contribution in [2.24, 2.45) is 0 Å². The van der Waals surface area contributed by atoms with E-state index in [2.05, 4.69) is 74.1 Å². The van der Waals surface area contributed by atoms with Gasteiger partial charge in [0, 0.05) is 68.5 Å². The van der Waals surface area contributed by atoms with Crippen LogP contribution in [0.15, 0.2) is 12.4 Å². The quantitative estimate of drug-likeness (QED) is 0.327. The van der Waals surface area contributed by atoms with Crippen LogP contribution in [-0.4, -0.2) is 132 Å². The second kappa shape index (κ2) is 18.7. The molecule has 260 valence electrons. The van der Waals surface area contributed by atoms with Crippen molar-refractivity contribution in [1.29, 1.82) is 0 Å². The van der Waals surface area contributed by atoms with Crippen LogP contribution in [-0.2, 0) is 22.6 Å². The van der Waals surface area contributed by atoms with Crippen LogP contribution in [0.3, 0.4) is 0 Å². The maximum atomic E-state index is 5.48. The lowest BCUT2D eigenvalue weighted by molar-refractivity contribution is 0.00717. The molecule has 6 rings (SSSR count). The van der Waals surface area contributed by atoms with Crippen molar-refractivity contribution < 1.29 is 9.47 Å². The number of rotatable bonds is 12. The van der Waals surface area contributed by atoms with Gasteiger partial charge in [0.15, 0.2) is 0 Å². The molecule has 0 atom stereocenters. The maximum absolute atomic E-state index is 5.48. The average Bonchev–Trinajstić information content (AvgIpc) is 3.76. The Morgan fingerprint density at radius 3 is 1.72 bits per heavy atom. The SMILES string of the molecule is CCCN(C)Cc1[nH]ncc1C1CCC(N2CCOCC2)CC1.CCCN(C)Cc1cn[nH]c1C1CCC(N2CCOCC2)CC1. The van der Waals surface area contributed by atoms with E-state index in [-0.39, 0.29) is 0 Å². The zero-order valence-corrected chi connectivity index (χ0v) is 29.5. The third-order valence-electron chi connectivity index (χ3n) is 10.9. The Labute approximate surface area is 278 Å². The monoisotopic (exact) mass is 641 g/mol. The van der Waals surface area contributed by atoms with Gasteiger partial charge in [-0.2, -0.15) is 10.2 Å². The van der Waals surface area contributed by atoms with Gasteiger partial charge in [0.25, 0.3) is 0 Å². The molecule has 0 bridgehead atoms. The van der Waals surface area contributed by atoms with Crippen molar-refractivity contribution in [2.45, 2.75) is 115 Å².